The van der Waals surface area contributed by atoms with Crippen LogP contribution in [0.2, 0.25) is 0 Å². The molecule has 22 heavy (non-hydrogen) atoms. The standard InChI is InChI=1S/C12H14N4O4S2/c17-11(15-12-13-1-6-21-12)10-7-9(8-14-10)22(18,19)16-2-4-20-5-3-16/h1,6-8,14H,2-5H2,(H,13,15,17). The number of thiazole rings is 1. The van der Waals surface area contributed by atoms with Crippen molar-refractivity contribution in [1.82, 2.24) is 14.3 Å². The maximum absolute atomic E-state index is 12.4. The molecule has 0 bridgehead atoms. The van der Waals surface area contributed by atoms with E-state index < -0.39 is 15.9 Å². The van der Waals surface area contributed by atoms with Crippen LogP contribution in [0, 0.1) is 0 Å². The van der Waals surface area contributed by atoms with E-state index in [1.807, 2.05) is 0 Å². The number of rotatable bonds is 4. The van der Waals surface area contributed by atoms with Crippen LogP contribution in [0.3, 0.4) is 0 Å². The lowest BCUT2D eigenvalue weighted by molar-refractivity contribution is 0.0730. The van der Waals surface area contributed by atoms with Crippen LogP contribution in [0.15, 0.2) is 28.7 Å². The average molecular weight is 342 g/mol. The van der Waals surface area contributed by atoms with Crippen LogP contribution in [0.5, 0.6) is 0 Å². The first-order valence-electron chi connectivity index (χ1n) is 6.54. The lowest BCUT2D eigenvalue weighted by Gasteiger charge is -2.25. The maximum atomic E-state index is 12.4. The molecule has 0 aromatic carbocycles. The SMILES string of the molecule is O=C(Nc1nccs1)c1cc(S(=O)(=O)N2CCOCC2)c[nH]1. The van der Waals surface area contributed by atoms with Gasteiger partial charge in [0.2, 0.25) is 10.0 Å². The highest BCUT2D eigenvalue weighted by Crippen LogP contribution is 2.19. The second kappa shape index (κ2) is 6.16. The number of hydrogen-bond acceptors (Lipinski definition) is 6. The molecule has 0 spiro atoms. The Morgan fingerprint density at radius 1 is 1.41 bits per heavy atom. The number of nitrogens with one attached hydrogen (secondary N) is 2. The first-order valence-corrected chi connectivity index (χ1v) is 8.86. The fourth-order valence-corrected chi connectivity index (χ4v) is 3.97. The van der Waals surface area contributed by atoms with Gasteiger partial charge in [-0.1, -0.05) is 0 Å². The van der Waals surface area contributed by atoms with Crippen molar-refractivity contribution in [3.8, 4) is 0 Å². The number of ether oxygens (including phenoxy) is 1. The normalized spacial score (nSPS) is 16.5. The Hall–Kier alpha value is -1.75. The van der Waals surface area contributed by atoms with E-state index in [1.165, 1.54) is 27.9 Å². The Bertz CT molecular complexity index is 748. The molecule has 0 radical (unpaired) electrons. The van der Waals surface area contributed by atoms with E-state index in [1.54, 1.807) is 11.6 Å². The quantitative estimate of drug-likeness (QED) is 0.853. The van der Waals surface area contributed by atoms with Crippen LogP contribution in [0.25, 0.3) is 0 Å². The molecule has 0 saturated carbocycles. The number of aromatic nitrogens is 2. The summed E-state index contributed by atoms with van der Waals surface area (Å²) in [5.41, 5.74) is 0.169. The molecule has 0 atom stereocenters. The van der Waals surface area contributed by atoms with Crippen LogP contribution in [-0.2, 0) is 14.8 Å². The van der Waals surface area contributed by atoms with Gasteiger partial charge in [-0.05, 0) is 6.07 Å². The van der Waals surface area contributed by atoms with Crippen LogP contribution >= 0.6 is 11.3 Å². The van der Waals surface area contributed by atoms with Crippen molar-refractivity contribution >= 4 is 32.4 Å². The van der Waals surface area contributed by atoms with Gasteiger partial charge in [0.25, 0.3) is 5.91 Å². The average Bonchev–Trinajstić information content (AvgIpc) is 3.19. The summed E-state index contributed by atoms with van der Waals surface area (Å²) < 4.78 is 31.4. The minimum Gasteiger partial charge on any atom is -0.379 e. The highest BCUT2D eigenvalue weighted by molar-refractivity contribution is 7.89. The van der Waals surface area contributed by atoms with Crippen LogP contribution in [-0.4, -0.2) is 54.9 Å². The molecule has 2 N–H and O–H groups in total. The number of anilines is 1. The fourth-order valence-electron chi connectivity index (χ4n) is 2.04. The number of H-pyrrole nitrogens is 1. The maximum Gasteiger partial charge on any atom is 0.273 e. The van der Waals surface area contributed by atoms with Gasteiger partial charge in [0.05, 0.1) is 13.2 Å². The Morgan fingerprint density at radius 3 is 2.86 bits per heavy atom. The Morgan fingerprint density at radius 2 is 2.18 bits per heavy atom. The van der Waals surface area contributed by atoms with Crippen LogP contribution in [0.4, 0.5) is 5.13 Å². The summed E-state index contributed by atoms with van der Waals surface area (Å²) in [6.07, 6.45) is 2.89. The van der Waals surface area contributed by atoms with Gasteiger partial charge in [-0.25, -0.2) is 13.4 Å². The molecule has 8 nitrogen and oxygen atoms in total. The molecule has 118 valence electrons. The van der Waals surface area contributed by atoms with Gasteiger partial charge in [0, 0.05) is 30.9 Å². The lowest BCUT2D eigenvalue weighted by atomic mass is 10.4. The molecule has 1 saturated heterocycles. The van der Waals surface area contributed by atoms with Gasteiger partial charge in [0.1, 0.15) is 10.6 Å². The predicted molar refractivity (Wildman–Crippen MR) is 80.4 cm³/mol. The van der Waals surface area contributed by atoms with Crippen molar-refractivity contribution in [2.24, 2.45) is 0 Å². The molecule has 1 aliphatic heterocycles. The third kappa shape index (κ3) is 3.04. The molecule has 2 aromatic rings. The summed E-state index contributed by atoms with van der Waals surface area (Å²) in [4.78, 5) is 18.7. The summed E-state index contributed by atoms with van der Waals surface area (Å²) in [6.45, 7) is 1.38. The van der Waals surface area contributed by atoms with E-state index in [0.29, 0.717) is 31.4 Å². The highest BCUT2D eigenvalue weighted by Gasteiger charge is 2.28. The molecule has 2 aromatic heterocycles. The molecule has 0 aliphatic carbocycles. The van der Waals surface area contributed by atoms with Crippen molar-refractivity contribution in [1.29, 1.82) is 0 Å². The van der Waals surface area contributed by atoms with Gasteiger partial charge in [-0.2, -0.15) is 4.31 Å². The summed E-state index contributed by atoms with van der Waals surface area (Å²) in [6, 6.07) is 1.33. The minimum atomic E-state index is -3.61. The molecule has 0 unspecified atom stereocenters. The van der Waals surface area contributed by atoms with Gasteiger partial charge in [0.15, 0.2) is 5.13 Å². The second-order valence-corrected chi connectivity index (χ2v) is 7.39. The zero-order valence-corrected chi connectivity index (χ0v) is 13.1. The monoisotopic (exact) mass is 342 g/mol. The summed E-state index contributed by atoms with van der Waals surface area (Å²) in [7, 11) is -3.61. The Kier molecular flexibility index (Phi) is 4.25. The van der Waals surface area contributed by atoms with E-state index in [4.69, 9.17) is 4.74 Å². The van der Waals surface area contributed by atoms with E-state index >= 15 is 0 Å². The smallest absolute Gasteiger partial charge is 0.273 e. The van der Waals surface area contributed by atoms with Crippen molar-refractivity contribution < 1.29 is 17.9 Å². The first-order chi connectivity index (χ1) is 10.6. The molecule has 1 amide bonds. The largest absolute Gasteiger partial charge is 0.379 e. The van der Waals surface area contributed by atoms with E-state index in [0.717, 1.165) is 0 Å². The number of carbonyl (C=O) groups excluding carboxylic acids is 1. The zero-order valence-electron chi connectivity index (χ0n) is 11.5. The van der Waals surface area contributed by atoms with Gasteiger partial charge < -0.3 is 9.72 Å². The second-order valence-electron chi connectivity index (χ2n) is 4.56. The summed E-state index contributed by atoms with van der Waals surface area (Å²) >= 11 is 1.28. The zero-order chi connectivity index (χ0) is 15.6. The molecular weight excluding hydrogens is 328 g/mol. The van der Waals surface area contributed by atoms with Gasteiger partial charge >= 0.3 is 0 Å². The molecular formula is C12H14N4O4S2. The third-order valence-corrected chi connectivity index (χ3v) is 5.73. The number of nitrogens with zero attached hydrogens (tertiary/aromatic N) is 2. The summed E-state index contributed by atoms with van der Waals surface area (Å²) in [5.74, 6) is -0.432. The topological polar surface area (TPSA) is 104 Å². The van der Waals surface area contributed by atoms with Gasteiger partial charge in [-0.3, -0.25) is 10.1 Å². The lowest BCUT2D eigenvalue weighted by Crippen LogP contribution is -2.40. The van der Waals surface area contributed by atoms with Crippen molar-refractivity contribution in [2.75, 3.05) is 31.6 Å². The molecule has 10 heteroatoms. The number of amides is 1. The van der Waals surface area contributed by atoms with Gasteiger partial charge in [-0.15, -0.1) is 11.3 Å². The molecule has 1 fully saturated rings. The van der Waals surface area contributed by atoms with E-state index in [9.17, 15) is 13.2 Å². The third-order valence-electron chi connectivity index (χ3n) is 3.16. The van der Waals surface area contributed by atoms with Crippen molar-refractivity contribution in [3.63, 3.8) is 0 Å². The van der Waals surface area contributed by atoms with Crippen LogP contribution in [0.1, 0.15) is 10.5 Å². The number of sulfonamides is 1. The molecule has 3 rings (SSSR count). The molecule has 3 heterocycles. The molecule has 1 aliphatic rings. The number of hydrogen-bond donors (Lipinski definition) is 2. The van der Waals surface area contributed by atoms with E-state index in [-0.39, 0.29) is 10.6 Å². The highest BCUT2D eigenvalue weighted by atomic mass is 32.2. The minimum absolute atomic E-state index is 0.0682. The Balaban J connectivity index is 1.76. The first kappa shape index (κ1) is 15.2. The number of aromatic amines is 1. The number of morpholine rings is 1. The van der Waals surface area contributed by atoms with Crippen LogP contribution < -0.4 is 5.32 Å². The van der Waals surface area contributed by atoms with E-state index in [2.05, 4.69) is 15.3 Å². The Labute approximate surface area is 131 Å². The predicted octanol–water partition coefficient (Wildman–Crippen LogP) is 0.744. The van der Waals surface area contributed by atoms with Crippen molar-refractivity contribution in [3.05, 3.63) is 29.5 Å². The summed E-state index contributed by atoms with van der Waals surface area (Å²) in [5, 5.41) is 4.78. The van der Waals surface area contributed by atoms with Crippen molar-refractivity contribution in [2.45, 2.75) is 4.90 Å². The fraction of sp³-hybridized carbons (Fsp3) is 0.333. The number of carbonyl (C=O) groups is 1.